The fourth-order valence-corrected chi connectivity index (χ4v) is 3.00. The first-order valence-electron chi connectivity index (χ1n) is 8.66. The third-order valence-electron chi connectivity index (χ3n) is 4.45. The van der Waals surface area contributed by atoms with Crippen LogP contribution in [0.15, 0.2) is 18.2 Å². The molecule has 0 spiro atoms. The molecule has 1 aromatic rings. The van der Waals surface area contributed by atoms with Crippen LogP contribution in [0.4, 0.5) is 5.69 Å². The van der Waals surface area contributed by atoms with E-state index in [-0.39, 0.29) is 17.9 Å². The highest BCUT2D eigenvalue weighted by atomic mass is 16.5. The Morgan fingerprint density at radius 1 is 1.28 bits per heavy atom. The van der Waals surface area contributed by atoms with Gasteiger partial charge in [-0.05, 0) is 24.1 Å². The van der Waals surface area contributed by atoms with Crippen LogP contribution < -0.4 is 9.64 Å². The summed E-state index contributed by atoms with van der Waals surface area (Å²) in [6, 6.07) is 5.40. The maximum absolute atomic E-state index is 12.5. The molecule has 0 saturated carbocycles. The van der Waals surface area contributed by atoms with Crippen molar-refractivity contribution in [1.82, 2.24) is 9.80 Å². The average Bonchev–Trinajstić information content (AvgIpc) is 2.55. The van der Waals surface area contributed by atoms with Crippen LogP contribution in [-0.4, -0.2) is 69.0 Å². The molecule has 0 aromatic heterocycles. The summed E-state index contributed by atoms with van der Waals surface area (Å²) in [7, 11) is 7.25. The lowest BCUT2D eigenvalue weighted by Gasteiger charge is -2.36. The van der Waals surface area contributed by atoms with Gasteiger partial charge in [0.15, 0.2) is 0 Å². The smallest absolute Gasteiger partial charge is 0.253 e. The molecule has 0 aliphatic carbocycles. The summed E-state index contributed by atoms with van der Waals surface area (Å²) in [5.74, 6) is 1.25. The first kappa shape index (κ1) is 19.1. The van der Waals surface area contributed by atoms with Gasteiger partial charge in [0, 0.05) is 40.3 Å². The zero-order valence-corrected chi connectivity index (χ0v) is 16.1. The quantitative estimate of drug-likeness (QED) is 0.818. The first-order valence-corrected chi connectivity index (χ1v) is 8.66. The normalized spacial score (nSPS) is 16.3. The minimum atomic E-state index is -0.0499. The molecule has 1 aliphatic heterocycles. The van der Waals surface area contributed by atoms with Gasteiger partial charge in [0.05, 0.1) is 18.2 Å². The second kappa shape index (κ2) is 7.76. The van der Waals surface area contributed by atoms with E-state index in [1.807, 2.05) is 31.1 Å². The summed E-state index contributed by atoms with van der Waals surface area (Å²) >= 11 is 0. The number of hydrogen-bond acceptors (Lipinski definition) is 4. The van der Waals surface area contributed by atoms with Gasteiger partial charge in [0.25, 0.3) is 5.91 Å². The van der Waals surface area contributed by atoms with E-state index in [0.717, 1.165) is 18.0 Å². The van der Waals surface area contributed by atoms with E-state index in [2.05, 4.69) is 13.8 Å². The Morgan fingerprint density at radius 2 is 1.96 bits per heavy atom. The highest BCUT2D eigenvalue weighted by Crippen LogP contribution is 2.34. The van der Waals surface area contributed by atoms with Gasteiger partial charge < -0.3 is 19.4 Å². The van der Waals surface area contributed by atoms with E-state index in [1.54, 1.807) is 30.0 Å². The second-order valence-corrected chi connectivity index (χ2v) is 7.33. The lowest BCUT2D eigenvalue weighted by atomic mass is 10.1. The zero-order valence-electron chi connectivity index (χ0n) is 16.1. The number of likely N-dealkylation sites (N-methyl/N-ethyl adjacent to an activating group) is 1. The Hall–Kier alpha value is -2.24. The van der Waals surface area contributed by atoms with Crippen molar-refractivity contribution in [1.29, 1.82) is 0 Å². The van der Waals surface area contributed by atoms with Crippen molar-refractivity contribution in [3.05, 3.63) is 23.8 Å². The summed E-state index contributed by atoms with van der Waals surface area (Å²) in [6.07, 6.45) is 0.394. The number of nitrogens with zero attached hydrogens (tertiary/aromatic N) is 3. The molecule has 0 bridgehead atoms. The third-order valence-corrected chi connectivity index (χ3v) is 4.45. The maximum Gasteiger partial charge on any atom is 0.253 e. The van der Waals surface area contributed by atoms with Crippen molar-refractivity contribution < 1.29 is 14.3 Å². The van der Waals surface area contributed by atoms with Gasteiger partial charge in [-0.3, -0.25) is 9.59 Å². The third kappa shape index (κ3) is 4.44. The van der Waals surface area contributed by atoms with E-state index in [1.165, 1.54) is 0 Å². The highest BCUT2D eigenvalue weighted by Gasteiger charge is 2.28. The van der Waals surface area contributed by atoms with E-state index < -0.39 is 0 Å². The zero-order chi connectivity index (χ0) is 18.7. The Kier molecular flexibility index (Phi) is 5.93. The van der Waals surface area contributed by atoms with Crippen LogP contribution in [0.2, 0.25) is 0 Å². The Bertz CT molecular complexity index is 643. The van der Waals surface area contributed by atoms with E-state index >= 15 is 0 Å². The van der Waals surface area contributed by atoms with Gasteiger partial charge >= 0.3 is 0 Å². The molecule has 2 amide bonds. The van der Waals surface area contributed by atoms with Gasteiger partial charge in [-0.1, -0.05) is 13.8 Å². The molecule has 0 radical (unpaired) electrons. The monoisotopic (exact) mass is 347 g/mol. The van der Waals surface area contributed by atoms with Gasteiger partial charge in [-0.25, -0.2) is 0 Å². The Labute approximate surface area is 150 Å². The van der Waals surface area contributed by atoms with Crippen molar-refractivity contribution in [2.45, 2.75) is 26.3 Å². The van der Waals surface area contributed by atoms with Gasteiger partial charge in [0.2, 0.25) is 5.91 Å². The Balaban J connectivity index is 2.14. The number of amides is 2. The lowest BCUT2D eigenvalue weighted by molar-refractivity contribution is -0.130. The molecule has 0 N–H and O–H groups in total. The summed E-state index contributed by atoms with van der Waals surface area (Å²) in [4.78, 5) is 30.0. The number of benzene rings is 1. The molecule has 138 valence electrons. The fraction of sp³-hybridized carbons (Fsp3) is 0.579. The number of ether oxygens (including phenoxy) is 1. The number of rotatable bonds is 5. The van der Waals surface area contributed by atoms with Crippen LogP contribution in [0.25, 0.3) is 0 Å². The molecule has 0 saturated heterocycles. The van der Waals surface area contributed by atoms with Crippen molar-refractivity contribution in [2.24, 2.45) is 5.92 Å². The fourth-order valence-electron chi connectivity index (χ4n) is 3.00. The standard InChI is InChI=1S/C19H29N3O3/c1-13(2)11-21(5)18(23)10-15-12-25-17-8-7-14(19(24)20(3)4)9-16(17)22(15)6/h7-9,13,15H,10-12H2,1-6H3. The Morgan fingerprint density at radius 3 is 2.56 bits per heavy atom. The number of fused-ring (bicyclic) bond motifs is 1. The molecule has 1 atom stereocenters. The minimum absolute atomic E-state index is 0.0423. The predicted octanol–water partition coefficient (Wildman–Crippen LogP) is 2.09. The molecule has 0 fully saturated rings. The number of carbonyl (C=O) groups is 2. The first-order chi connectivity index (χ1) is 11.7. The van der Waals surface area contributed by atoms with Crippen LogP contribution in [0, 0.1) is 5.92 Å². The van der Waals surface area contributed by atoms with E-state index in [0.29, 0.717) is 24.5 Å². The van der Waals surface area contributed by atoms with Crippen molar-refractivity contribution in [3.63, 3.8) is 0 Å². The summed E-state index contributed by atoms with van der Waals surface area (Å²) in [6.45, 7) is 5.40. The molecular formula is C19H29N3O3. The van der Waals surface area contributed by atoms with Crippen LogP contribution in [0.5, 0.6) is 5.75 Å². The molecule has 2 rings (SSSR count). The van der Waals surface area contributed by atoms with Crippen molar-refractivity contribution >= 4 is 17.5 Å². The minimum Gasteiger partial charge on any atom is -0.489 e. The topological polar surface area (TPSA) is 53.1 Å². The molecule has 1 aliphatic rings. The van der Waals surface area contributed by atoms with Gasteiger partial charge in [-0.2, -0.15) is 0 Å². The largest absolute Gasteiger partial charge is 0.489 e. The average molecular weight is 347 g/mol. The molecule has 6 nitrogen and oxygen atoms in total. The molecule has 1 unspecified atom stereocenters. The molecule has 6 heteroatoms. The van der Waals surface area contributed by atoms with Crippen LogP contribution in [0.3, 0.4) is 0 Å². The predicted molar refractivity (Wildman–Crippen MR) is 99.2 cm³/mol. The summed E-state index contributed by atoms with van der Waals surface area (Å²) in [5, 5.41) is 0. The second-order valence-electron chi connectivity index (χ2n) is 7.33. The molecule has 1 heterocycles. The maximum atomic E-state index is 12.5. The van der Waals surface area contributed by atoms with Crippen LogP contribution in [-0.2, 0) is 4.79 Å². The molecule has 1 aromatic carbocycles. The van der Waals surface area contributed by atoms with Gasteiger partial charge in [-0.15, -0.1) is 0 Å². The lowest BCUT2D eigenvalue weighted by Crippen LogP contribution is -2.44. The summed E-state index contributed by atoms with van der Waals surface area (Å²) < 4.78 is 5.83. The van der Waals surface area contributed by atoms with E-state index in [4.69, 9.17) is 4.74 Å². The number of anilines is 1. The van der Waals surface area contributed by atoms with Crippen LogP contribution >= 0.6 is 0 Å². The van der Waals surface area contributed by atoms with Crippen molar-refractivity contribution in [2.75, 3.05) is 46.2 Å². The van der Waals surface area contributed by atoms with Crippen LogP contribution in [0.1, 0.15) is 30.6 Å². The molecular weight excluding hydrogens is 318 g/mol. The number of carbonyl (C=O) groups excluding carboxylic acids is 2. The van der Waals surface area contributed by atoms with E-state index in [9.17, 15) is 9.59 Å². The highest BCUT2D eigenvalue weighted by molar-refractivity contribution is 5.95. The molecule has 25 heavy (non-hydrogen) atoms. The van der Waals surface area contributed by atoms with Crippen molar-refractivity contribution in [3.8, 4) is 5.75 Å². The summed E-state index contributed by atoms with van der Waals surface area (Å²) in [5.41, 5.74) is 1.46. The number of hydrogen-bond donors (Lipinski definition) is 0. The SMILES string of the molecule is CC(C)CN(C)C(=O)CC1COc2ccc(C(=O)N(C)C)cc2N1C. The van der Waals surface area contributed by atoms with Gasteiger partial charge in [0.1, 0.15) is 12.4 Å².